The van der Waals surface area contributed by atoms with E-state index in [2.05, 4.69) is 39.9 Å². The van der Waals surface area contributed by atoms with Crippen molar-refractivity contribution in [3.05, 3.63) is 29.8 Å². The molecule has 0 unspecified atom stereocenters. The predicted octanol–water partition coefficient (Wildman–Crippen LogP) is 4.86. The summed E-state index contributed by atoms with van der Waals surface area (Å²) >= 11 is 0. The number of amides is 1. The summed E-state index contributed by atoms with van der Waals surface area (Å²) in [5, 5.41) is 3.02. The van der Waals surface area contributed by atoms with Crippen molar-refractivity contribution in [3.8, 4) is 0 Å². The van der Waals surface area contributed by atoms with E-state index in [4.69, 9.17) is 0 Å². The zero-order chi connectivity index (χ0) is 15.2. The fraction of sp³-hybridized carbons (Fsp3) is 0.562. The highest BCUT2D eigenvalue weighted by Gasteiger charge is 2.15. The largest absolute Gasteiger partial charge is 0.351 e. The second-order valence-corrected chi connectivity index (χ2v) is 8.88. The molecule has 4 heteroatoms. The Hall–Kier alpha value is -0.610. The third kappa shape index (κ3) is 6.71. The molecule has 1 rings (SSSR count). The van der Waals surface area contributed by atoms with Crippen LogP contribution in [-0.2, 0) is 0 Å². The molecule has 0 saturated carbocycles. The summed E-state index contributed by atoms with van der Waals surface area (Å²) in [5.74, 6) is 1.77. The smallest absolute Gasteiger partial charge is 0.252 e. The van der Waals surface area contributed by atoms with Crippen molar-refractivity contribution in [2.45, 2.75) is 39.5 Å². The minimum Gasteiger partial charge on any atom is -0.351 e. The van der Waals surface area contributed by atoms with Gasteiger partial charge in [0.1, 0.15) is 0 Å². The van der Waals surface area contributed by atoms with Crippen LogP contribution in [0.5, 0.6) is 0 Å². The Labute approximate surface area is 130 Å². The van der Waals surface area contributed by atoms with E-state index in [0.717, 1.165) is 16.2 Å². The Balaban J connectivity index is 2.66. The SMILES string of the molecule is CC(C)CSSc1ccccc1C(=O)NCC(C)(C)C. The molecule has 0 aliphatic rings. The summed E-state index contributed by atoms with van der Waals surface area (Å²) in [6.07, 6.45) is 0. The van der Waals surface area contributed by atoms with Gasteiger partial charge in [0.05, 0.1) is 5.56 Å². The van der Waals surface area contributed by atoms with Crippen molar-refractivity contribution in [1.82, 2.24) is 5.32 Å². The van der Waals surface area contributed by atoms with Crippen LogP contribution in [0.2, 0.25) is 0 Å². The third-order valence-electron chi connectivity index (χ3n) is 2.46. The Kier molecular flexibility index (Phi) is 6.96. The standard InChI is InChI=1S/C16H25NOS2/c1-12(2)10-19-20-14-9-7-6-8-13(14)15(18)17-11-16(3,4)5/h6-9,12H,10-11H2,1-5H3,(H,17,18). The molecule has 1 aromatic carbocycles. The Morgan fingerprint density at radius 3 is 2.50 bits per heavy atom. The van der Waals surface area contributed by atoms with Gasteiger partial charge in [0.2, 0.25) is 0 Å². The zero-order valence-corrected chi connectivity index (χ0v) is 14.7. The average molecular weight is 312 g/mol. The van der Waals surface area contributed by atoms with Crippen LogP contribution in [0.25, 0.3) is 0 Å². The quantitative estimate of drug-likeness (QED) is 0.761. The normalized spacial score (nSPS) is 11.7. The van der Waals surface area contributed by atoms with Gasteiger partial charge in [-0.25, -0.2) is 0 Å². The van der Waals surface area contributed by atoms with Gasteiger partial charge in [0.25, 0.3) is 5.91 Å². The highest BCUT2D eigenvalue weighted by Crippen LogP contribution is 2.34. The highest BCUT2D eigenvalue weighted by atomic mass is 33.1. The van der Waals surface area contributed by atoms with Gasteiger partial charge in [-0.05, 0) is 23.5 Å². The monoisotopic (exact) mass is 311 g/mol. The van der Waals surface area contributed by atoms with Crippen molar-refractivity contribution in [2.75, 3.05) is 12.3 Å². The number of hydrogen-bond donors (Lipinski definition) is 1. The van der Waals surface area contributed by atoms with E-state index in [9.17, 15) is 4.79 Å². The minimum atomic E-state index is 0.0215. The average Bonchev–Trinajstić information content (AvgIpc) is 2.35. The first-order valence-electron chi connectivity index (χ1n) is 6.96. The summed E-state index contributed by atoms with van der Waals surface area (Å²) in [6, 6.07) is 7.82. The number of nitrogens with one attached hydrogen (secondary N) is 1. The first-order valence-corrected chi connectivity index (χ1v) is 9.28. The van der Waals surface area contributed by atoms with Gasteiger partial charge < -0.3 is 5.32 Å². The number of hydrogen-bond acceptors (Lipinski definition) is 3. The van der Waals surface area contributed by atoms with Crippen LogP contribution in [-0.4, -0.2) is 18.2 Å². The maximum absolute atomic E-state index is 12.3. The molecule has 0 aliphatic carbocycles. The summed E-state index contributed by atoms with van der Waals surface area (Å²) < 4.78 is 0. The van der Waals surface area contributed by atoms with Crippen molar-refractivity contribution < 1.29 is 4.79 Å². The van der Waals surface area contributed by atoms with E-state index < -0.39 is 0 Å². The van der Waals surface area contributed by atoms with Gasteiger partial charge in [-0.2, -0.15) is 0 Å². The van der Waals surface area contributed by atoms with E-state index in [0.29, 0.717) is 12.5 Å². The molecular weight excluding hydrogens is 286 g/mol. The third-order valence-corrected chi connectivity index (χ3v) is 5.22. The van der Waals surface area contributed by atoms with Gasteiger partial charge in [-0.3, -0.25) is 4.79 Å². The van der Waals surface area contributed by atoms with Gasteiger partial charge >= 0.3 is 0 Å². The van der Waals surface area contributed by atoms with Crippen LogP contribution >= 0.6 is 21.6 Å². The second-order valence-electron chi connectivity index (χ2n) is 6.50. The molecular formula is C16H25NOS2. The molecule has 1 aromatic rings. The zero-order valence-electron chi connectivity index (χ0n) is 13.0. The van der Waals surface area contributed by atoms with Crippen LogP contribution in [0.1, 0.15) is 45.0 Å². The number of rotatable bonds is 6. The first-order chi connectivity index (χ1) is 9.29. The van der Waals surface area contributed by atoms with Crippen LogP contribution < -0.4 is 5.32 Å². The molecule has 0 radical (unpaired) electrons. The molecule has 0 bridgehead atoms. The lowest BCUT2D eigenvalue weighted by Crippen LogP contribution is -2.32. The molecule has 0 atom stereocenters. The Morgan fingerprint density at radius 2 is 1.90 bits per heavy atom. The molecule has 112 valence electrons. The van der Waals surface area contributed by atoms with Crippen LogP contribution in [0.3, 0.4) is 0 Å². The van der Waals surface area contributed by atoms with Gasteiger partial charge in [0.15, 0.2) is 0 Å². The number of carbonyl (C=O) groups is 1. The Morgan fingerprint density at radius 1 is 1.25 bits per heavy atom. The van der Waals surface area contributed by atoms with Gasteiger partial charge in [-0.1, -0.05) is 68.3 Å². The lowest BCUT2D eigenvalue weighted by molar-refractivity contribution is 0.0936. The predicted molar refractivity (Wildman–Crippen MR) is 91.4 cm³/mol. The lowest BCUT2D eigenvalue weighted by Gasteiger charge is -2.19. The second kappa shape index (κ2) is 7.99. The molecule has 1 N–H and O–H groups in total. The van der Waals surface area contributed by atoms with Crippen molar-refractivity contribution in [2.24, 2.45) is 11.3 Å². The van der Waals surface area contributed by atoms with Crippen LogP contribution in [0.4, 0.5) is 0 Å². The molecule has 0 heterocycles. The van der Waals surface area contributed by atoms with E-state index in [1.807, 2.05) is 24.3 Å². The molecule has 0 saturated heterocycles. The number of benzene rings is 1. The van der Waals surface area contributed by atoms with Crippen molar-refractivity contribution in [3.63, 3.8) is 0 Å². The molecule has 1 amide bonds. The van der Waals surface area contributed by atoms with E-state index in [-0.39, 0.29) is 11.3 Å². The summed E-state index contributed by atoms with van der Waals surface area (Å²) in [5.41, 5.74) is 0.877. The van der Waals surface area contributed by atoms with Gasteiger partial charge in [-0.15, -0.1) is 0 Å². The molecule has 2 nitrogen and oxygen atoms in total. The van der Waals surface area contributed by atoms with Gasteiger partial charge in [0, 0.05) is 17.2 Å². The molecule has 0 aliphatic heterocycles. The topological polar surface area (TPSA) is 29.1 Å². The summed E-state index contributed by atoms with van der Waals surface area (Å²) in [4.78, 5) is 13.3. The van der Waals surface area contributed by atoms with Crippen LogP contribution in [0.15, 0.2) is 29.2 Å². The summed E-state index contributed by atoms with van der Waals surface area (Å²) in [6.45, 7) is 11.4. The molecule has 20 heavy (non-hydrogen) atoms. The lowest BCUT2D eigenvalue weighted by atomic mass is 9.97. The van der Waals surface area contributed by atoms with E-state index in [1.165, 1.54) is 0 Å². The summed E-state index contributed by atoms with van der Waals surface area (Å²) in [7, 11) is 3.50. The van der Waals surface area contributed by atoms with Crippen LogP contribution in [0, 0.1) is 11.3 Å². The van der Waals surface area contributed by atoms with E-state index >= 15 is 0 Å². The maximum Gasteiger partial charge on any atom is 0.252 e. The fourth-order valence-electron chi connectivity index (χ4n) is 1.40. The van der Waals surface area contributed by atoms with Crippen molar-refractivity contribution in [1.29, 1.82) is 0 Å². The van der Waals surface area contributed by atoms with Crippen molar-refractivity contribution >= 4 is 27.5 Å². The fourth-order valence-corrected chi connectivity index (χ4v) is 4.09. The first kappa shape index (κ1) is 17.4. The number of carbonyl (C=O) groups excluding carboxylic acids is 1. The highest BCUT2D eigenvalue weighted by molar-refractivity contribution is 8.76. The minimum absolute atomic E-state index is 0.0215. The molecule has 0 spiro atoms. The maximum atomic E-state index is 12.3. The molecule has 0 fully saturated rings. The Bertz CT molecular complexity index is 438. The molecule has 0 aromatic heterocycles. The van der Waals surface area contributed by atoms with E-state index in [1.54, 1.807) is 21.6 Å².